The van der Waals surface area contributed by atoms with Crippen LogP contribution in [0, 0.1) is 5.82 Å². The minimum Gasteiger partial charge on any atom is -0.383 e. The molecule has 1 amide bonds. The maximum absolute atomic E-state index is 14.0. The molecule has 0 fully saturated rings. The summed E-state index contributed by atoms with van der Waals surface area (Å²) < 4.78 is 20.6. The molecule has 4 aromatic rings. The molecule has 0 radical (unpaired) electrons. The van der Waals surface area contributed by atoms with Crippen LogP contribution in [0.1, 0.15) is 9.67 Å². The van der Waals surface area contributed by atoms with E-state index in [1.54, 1.807) is 36.2 Å². The molecule has 0 aliphatic rings. The van der Waals surface area contributed by atoms with Crippen molar-refractivity contribution in [3.8, 4) is 5.69 Å². The molecule has 0 bridgehead atoms. The van der Waals surface area contributed by atoms with E-state index in [0.717, 1.165) is 11.2 Å². The van der Waals surface area contributed by atoms with Gasteiger partial charge in [-0.25, -0.2) is 14.1 Å². The van der Waals surface area contributed by atoms with E-state index >= 15 is 0 Å². The molecular formula is C20H17ClFN5O2S. The summed E-state index contributed by atoms with van der Waals surface area (Å²) in [6.45, 7) is 0.896. The zero-order valence-electron chi connectivity index (χ0n) is 15.9. The smallest absolute Gasteiger partial charge is 0.261 e. The van der Waals surface area contributed by atoms with E-state index in [9.17, 15) is 9.18 Å². The maximum atomic E-state index is 14.0. The number of rotatable bonds is 7. The number of pyridine rings is 1. The Morgan fingerprint density at radius 1 is 1.33 bits per heavy atom. The SMILES string of the molecule is COCCNC(=O)c1cc(-n2ncc3nc(Nc4c(F)cccc4Cl)ccc32)cs1. The second-order valence-electron chi connectivity index (χ2n) is 6.30. The molecule has 3 aromatic heterocycles. The number of anilines is 2. The lowest BCUT2D eigenvalue weighted by molar-refractivity contribution is 0.0941. The van der Waals surface area contributed by atoms with Gasteiger partial charge in [-0.3, -0.25) is 4.79 Å². The standard InChI is InChI=1S/C20H17ClFN5O2S/c1-29-8-7-23-20(28)17-9-12(11-30-17)27-16-5-6-18(25-15(16)10-24-27)26-19-13(21)3-2-4-14(19)22/h2-6,9-11H,7-8H2,1H3,(H,23,28)(H,25,26). The van der Waals surface area contributed by atoms with E-state index in [2.05, 4.69) is 20.7 Å². The van der Waals surface area contributed by atoms with Gasteiger partial charge in [-0.1, -0.05) is 17.7 Å². The molecule has 3 heterocycles. The maximum Gasteiger partial charge on any atom is 0.261 e. The molecule has 10 heteroatoms. The average Bonchev–Trinajstić information content (AvgIpc) is 3.37. The highest BCUT2D eigenvalue weighted by atomic mass is 35.5. The predicted molar refractivity (Wildman–Crippen MR) is 116 cm³/mol. The molecule has 0 aliphatic heterocycles. The third-order valence-electron chi connectivity index (χ3n) is 4.29. The molecule has 1 aromatic carbocycles. The summed E-state index contributed by atoms with van der Waals surface area (Å²) in [5.74, 6) is -0.182. The van der Waals surface area contributed by atoms with Gasteiger partial charge in [0.2, 0.25) is 0 Å². The van der Waals surface area contributed by atoms with Crippen LogP contribution in [0.15, 0.2) is 48.0 Å². The number of ether oxygens (including phenoxy) is 1. The van der Waals surface area contributed by atoms with Crippen molar-refractivity contribution in [3.63, 3.8) is 0 Å². The van der Waals surface area contributed by atoms with Crippen molar-refractivity contribution in [2.45, 2.75) is 0 Å². The first-order valence-corrected chi connectivity index (χ1v) is 10.2. The van der Waals surface area contributed by atoms with Gasteiger partial charge < -0.3 is 15.4 Å². The minimum atomic E-state index is -0.463. The first kappa shape index (κ1) is 20.3. The fraction of sp³-hybridized carbons (Fsp3) is 0.150. The molecule has 0 atom stereocenters. The Hall–Kier alpha value is -3.01. The molecular weight excluding hydrogens is 429 g/mol. The van der Waals surface area contributed by atoms with Gasteiger partial charge in [0.15, 0.2) is 0 Å². The van der Waals surface area contributed by atoms with Crippen molar-refractivity contribution < 1.29 is 13.9 Å². The van der Waals surface area contributed by atoms with Gasteiger partial charge in [-0.05, 0) is 30.3 Å². The number of halogens is 2. The summed E-state index contributed by atoms with van der Waals surface area (Å²) in [6, 6.07) is 9.77. The van der Waals surface area contributed by atoms with Gasteiger partial charge in [0.1, 0.15) is 17.2 Å². The van der Waals surface area contributed by atoms with E-state index in [1.165, 1.54) is 23.5 Å². The fourth-order valence-corrected chi connectivity index (χ4v) is 3.84. The molecule has 0 unspecified atom stereocenters. The van der Waals surface area contributed by atoms with Crippen LogP contribution in [-0.4, -0.2) is 40.9 Å². The summed E-state index contributed by atoms with van der Waals surface area (Å²) in [7, 11) is 1.58. The first-order chi connectivity index (χ1) is 14.6. The van der Waals surface area contributed by atoms with Gasteiger partial charge in [0.05, 0.1) is 39.6 Å². The van der Waals surface area contributed by atoms with Gasteiger partial charge in [0, 0.05) is 19.0 Å². The number of thiophene rings is 1. The highest BCUT2D eigenvalue weighted by Crippen LogP contribution is 2.29. The zero-order chi connectivity index (χ0) is 21.1. The van der Waals surface area contributed by atoms with Gasteiger partial charge in [-0.2, -0.15) is 5.10 Å². The average molecular weight is 446 g/mol. The molecule has 30 heavy (non-hydrogen) atoms. The van der Waals surface area contributed by atoms with Crippen molar-refractivity contribution in [1.82, 2.24) is 20.1 Å². The number of aromatic nitrogens is 3. The van der Waals surface area contributed by atoms with Crippen molar-refractivity contribution >= 4 is 51.4 Å². The molecule has 4 rings (SSSR count). The minimum absolute atomic E-state index is 0.161. The van der Waals surface area contributed by atoms with E-state index in [1.807, 2.05) is 11.4 Å². The summed E-state index contributed by atoms with van der Waals surface area (Å²) in [6.07, 6.45) is 1.61. The van der Waals surface area contributed by atoms with Crippen LogP contribution < -0.4 is 10.6 Å². The number of carbonyl (C=O) groups is 1. The molecule has 0 saturated heterocycles. The Labute approximate surface area is 180 Å². The molecule has 0 aliphatic carbocycles. The lowest BCUT2D eigenvalue weighted by atomic mass is 10.3. The van der Waals surface area contributed by atoms with Gasteiger partial charge in [0.25, 0.3) is 5.91 Å². The monoisotopic (exact) mass is 445 g/mol. The van der Waals surface area contributed by atoms with Crippen LogP contribution in [-0.2, 0) is 4.74 Å². The summed E-state index contributed by atoms with van der Waals surface area (Å²) in [5, 5.41) is 12.2. The normalized spacial score (nSPS) is 11.0. The number of fused-ring (bicyclic) bond motifs is 1. The van der Waals surface area contributed by atoms with Crippen LogP contribution in [0.4, 0.5) is 15.9 Å². The summed E-state index contributed by atoms with van der Waals surface area (Å²) in [5.41, 5.74) is 2.29. The van der Waals surface area contributed by atoms with E-state index < -0.39 is 5.82 Å². The Balaban J connectivity index is 1.57. The number of carbonyl (C=O) groups excluding carboxylic acids is 1. The predicted octanol–water partition coefficient (Wildman–Crippen LogP) is 4.39. The third-order valence-corrected chi connectivity index (χ3v) is 5.52. The van der Waals surface area contributed by atoms with Crippen LogP contribution in [0.3, 0.4) is 0 Å². The Bertz CT molecular complexity index is 1190. The number of nitrogens with zero attached hydrogens (tertiary/aromatic N) is 3. The second-order valence-corrected chi connectivity index (χ2v) is 7.62. The van der Waals surface area contributed by atoms with Gasteiger partial charge in [-0.15, -0.1) is 11.3 Å². The molecule has 154 valence electrons. The number of benzene rings is 1. The lowest BCUT2D eigenvalue weighted by Gasteiger charge is -2.09. The number of methoxy groups -OCH3 is 1. The number of hydrogen-bond donors (Lipinski definition) is 2. The highest BCUT2D eigenvalue weighted by molar-refractivity contribution is 7.12. The molecule has 0 spiro atoms. The molecule has 7 nitrogen and oxygen atoms in total. The van der Waals surface area contributed by atoms with E-state index in [-0.39, 0.29) is 16.6 Å². The number of amides is 1. The Morgan fingerprint density at radius 3 is 3.00 bits per heavy atom. The Morgan fingerprint density at radius 2 is 2.20 bits per heavy atom. The zero-order valence-corrected chi connectivity index (χ0v) is 17.4. The van der Waals surface area contributed by atoms with Crippen molar-refractivity contribution in [3.05, 3.63) is 63.7 Å². The number of hydrogen-bond acceptors (Lipinski definition) is 6. The Kier molecular flexibility index (Phi) is 5.93. The molecule has 0 saturated carbocycles. The number of nitrogens with one attached hydrogen (secondary N) is 2. The summed E-state index contributed by atoms with van der Waals surface area (Å²) in [4.78, 5) is 17.2. The van der Waals surface area contributed by atoms with E-state index in [0.29, 0.717) is 29.4 Å². The topological polar surface area (TPSA) is 81.1 Å². The quantitative estimate of drug-likeness (QED) is 0.412. The summed E-state index contributed by atoms with van der Waals surface area (Å²) >= 11 is 7.39. The highest BCUT2D eigenvalue weighted by Gasteiger charge is 2.14. The first-order valence-electron chi connectivity index (χ1n) is 8.98. The van der Waals surface area contributed by atoms with Crippen LogP contribution in [0.5, 0.6) is 0 Å². The largest absolute Gasteiger partial charge is 0.383 e. The van der Waals surface area contributed by atoms with E-state index in [4.69, 9.17) is 16.3 Å². The van der Waals surface area contributed by atoms with Gasteiger partial charge >= 0.3 is 0 Å². The van der Waals surface area contributed by atoms with Crippen LogP contribution in [0.25, 0.3) is 16.7 Å². The number of para-hydroxylation sites is 1. The molecule has 2 N–H and O–H groups in total. The van der Waals surface area contributed by atoms with Crippen molar-refractivity contribution in [1.29, 1.82) is 0 Å². The van der Waals surface area contributed by atoms with Crippen LogP contribution >= 0.6 is 22.9 Å². The van der Waals surface area contributed by atoms with Crippen molar-refractivity contribution in [2.24, 2.45) is 0 Å². The fourth-order valence-electron chi connectivity index (χ4n) is 2.85. The second kappa shape index (κ2) is 8.78. The van der Waals surface area contributed by atoms with Crippen LogP contribution in [0.2, 0.25) is 5.02 Å². The lowest BCUT2D eigenvalue weighted by Crippen LogP contribution is -2.26. The van der Waals surface area contributed by atoms with Crippen molar-refractivity contribution in [2.75, 3.05) is 25.6 Å². The third kappa shape index (κ3) is 4.13.